The molecule has 1 nitrogen and oxygen atoms in total. The number of likely N-dealkylation sites (N-methyl/N-ethyl adjacent to an activating group) is 1. The van der Waals surface area contributed by atoms with Crippen LogP contribution < -0.4 is 5.32 Å². The number of nitrogens with one attached hydrogen (secondary N) is 1. The third-order valence-electron chi connectivity index (χ3n) is 0.777. The van der Waals surface area contributed by atoms with Gasteiger partial charge in [0.2, 0.25) is 0 Å². The second-order valence-electron chi connectivity index (χ2n) is 1.79. The van der Waals surface area contributed by atoms with Gasteiger partial charge in [-0.05, 0) is 19.9 Å². The molecule has 52 valence electrons. The molecule has 0 aromatic carbocycles. The molecule has 0 aliphatic rings. The van der Waals surface area contributed by atoms with E-state index in [0.29, 0.717) is 5.70 Å². The first-order valence-electron chi connectivity index (χ1n) is 2.93. The van der Waals surface area contributed by atoms with E-state index < -0.39 is 0 Å². The van der Waals surface area contributed by atoms with Crippen LogP contribution >= 0.6 is 0 Å². The zero-order valence-corrected chi connectivity index (χ0v) is 5.87. The third kappa shape index (κ3) is 5.07. The fourth-order valence-electron chi connectivity index (χ4n) is 0.518. The fraction of sp³-hybridized carbons (Fsp3) is 0.429. The van der Waals surface area contributed by atoms with Crippen LogP contribution in [0.5, 0.6) is 0 Å². The van der Waals surface area contributed by atoms with Crippen molar-refractivity contribution in [1.29, 1.82) is 0 Å². The molecule has 0 fully saturated rings. The normalized spacial score (nSPS) is 11.2. The summed E-state index contributed by atoms with van der Waals surface area (Å²) in [5.41, 5.74) is 0.623. The van der Waals surface area contributed by atoms with Crippen molar-refractivity contribution in [3.05, 3.63) is 24.2 Å². The molecule has 0 bridgehead atoms. The Morgan fingerprint density at radius 3 is 2.67 bits per heavy atom. The lowest BCUT2D eigenvalue weighted by Gasteiger charge is -1.98. The summed E-state index contributed by atoms with van der Waals surface area (Å²) in [6, 6.07) is 0. The molecule has 0 unspecified atom stereocenters. The first-order valence-corrected chi connectivity index (χ1v) is 2.93. The van der Waals surface area contributed by atoms with Gasteiger partial charge in [-0.1, -0.05) is 6.58 Å². The van der Waals surface area contributed by atoms with Crippen LogP contribution in [0.4, 0.5) is 4.39 Å². The van der Waals surface area contributed by atoms with E-state index in [-0.39, 0.29) is 5.83 Å². The summed E-state index contributed by atoms with van der Waals surface area (Å²) in [5.74, 6) is -0.221. The summed E-state index contributed by atoms with van der Waals surface area (Å²) in [7, 11) is 0. The Labute approximate surface area is 55.3 Å². The SMILES string of the molecule is C=C(/C=C(\C)F)NCC. The van der Waals surface area contributed by atoms with Gasteiger partial charge < -0.3 is 5.32 Å². The van der Waals surface area contributed by atoms with E-state index in [0.717, 1.165) is 6.54 Å². The van der Waals surface area contributed by atoms with Crippen molar-refractivity contribution < 1.29 is 4.39 Å². The van der Waals surface area contributed by atoms with Crippen LogP contribution in [0.15, 0.2) is 24.2 Å². The molecule has 0 radical (unpaired) electrons. The van der Waals surface area contributed by atoms with Crippen molar-refractivity contribution in [3.8, 4) is 0 Å². The maximum atomic E-state index is 12.0. The molecule has 0 heterocycles. The Balaban J connectivity index is 3.63. The van der Waals surface area contributed by atoms with Gasteiger partial charge in [-0.3, -0.25) is 0 Å². The van der Waals surface area contributed by atoms with Crippen LogP contribution in [0.3, 0.4) is 0 Å². The quantitative estimate of drug-likeness (QED) is 0.574. The van der Waals surface area contributed by atoms with E-state index >= 15 is 0 Å². The van der Waals surface area contributed by atoms with Gasteiger partial charge >= 0.3 is 0 Å². The van der Waals surface area contributed by atoms with Crippen molar-refractivity contribution in [3.63, 3.8) is 0 Å². The predicted molar refractivity (Wildman–Crippen MR) is 37.7 cm³/mol. The Bertz CT molecular complexity index is 123. The summed E-state index contributed by atoms with van der Waals surface area (Å²) in [5, 5.41) is 2.87. The maximum Gasteiger partial charge on any atom is 0.0989 e. The molecule has 0 atom stereocenters. The van der Waals surface area contributed by atoms with E-state index in [1.165, 1.54) is 13.0 Å². The Morgan fingerprint density at radius 1 is 1.78 bits per heavy atom. The topological polar surface area (TPSA) is 12.0 Å². The van der Waals surface area contributed by atoms with E-state index in [4.69, 9.17) is 0 Å². The van der Waals surface area contributed by atoms with Gasteiger partial charge in [0.15, 0.2) is 0 Å². The van der Waals surface area contributed by atoms with E-state index in [9.17, 15) is 4.39 Å². The Kier molecular flexibility index (Phi) is 3.76. The van der Waals surface area contributed by atoms with Crippen LogP contribution in [0.25, 0.3) is 0 Å². The van der Waals surface area contributed by atoms with Crippen molar-refractivity contribution in [2.75, 3.05) is 6.54 Å². The zero-order valence-electron chi connectivity index (χ0n) is 5.87. The minimum Gasteiger partial charge on any atom is -0.386 e. The Hall–Kier alpha value is -0.790. The van der Waals surface area contributed by atoms with Gasteiger partial charge in [0.25, 0.3) is 0 Å². The van der Waals surface area contributed by atoms with Crippen LogP contribution in [0.2, 0.25) is 0 Å². The van der Waals surface area contributed by atoms with Gasteiger partial charge in [0.05, 0.1) is 5.83 Å². The number of halogens is 1. The largest absolute Gasteiger partial charge is 0.386 e. The number of allylic oxidation sites excluding steroid dienone is 2. The summed E-state index contributed by atoms with van der Waals surface area (Å²) in [6.45, 7) is 7.67. The monoisotopic (exact) mass is 129 g/mol. The van der Waals surface area contributed by atoms with Crippen LogP contribution in [0, 0.1) is 0 Å². The molecule has 0 aliphatic carbocycles. The highest BCUT2D eigenvalue weighted by atomic mass is 19.1. The van der Waals surface area contributed by atoms with Gasteiger partial charge in [0, 0.05) is 12.2 Å². The molecule has 0 rings (SSSR count). The summed E-state index contributed by atoms with van der Waals surface area (Å²) in [4.78, 5) is 0. The van der Waals surface area contributed by atoms with E-state index in [2.05, 4.69) is 11.9 Å². The van der Waals surface area contributed by atoms with Crippen molar-refractivity contribution in [2.45, 2.75) is 13.8 Å². The highest BCUT2D eigenvalue weighted by molar-refractivity contribution is 5.13. The molecule has 1 N–H and O–H groups in total. The van der Waals surface area contributed by atoms with Crippen LogP contribution in [-0.2, 0) is 0 Å². The molecule has 0 spiro atoms. The van der Waals surface area contributed by atoms with E-state index in [1.54, 1.807) is 0 Å². The lowest BCUT2D eigenvalue weighted by atomic mass is 10.4. The van der Waals surface area contributed by atoms with Crippen molar-refractivity contribution >= 4 is 0 Å². The molecule has 0 saturated carbocycles. The first kappa shape index (κ1) is 8.21. The number of hydrogen-bond donors (Lipinski definition) is 1. The summed E-state index contributed by atoms with van der Waals surface area (Å²) >= 11 is 0. The third-order valence-corrected chi connectivity index (χ3v) is 0.777. The minimum atomic E-state index is -0.221. The number of rotatable bonds is 3. The summed E-state index contributed by atoms with van der Waals surface area (Å²) in [6.07, 6.45) is 1.36. The Morgan fingerprint density at radius 2 is 2.33 bits per heavy atom. The van der Waals surface area contributed by atoms with Crippen molar-refractivity contribution in [1.82, 2.24) is 5.32 Å². The average Bonchev–Trinajstić information content (AvgIpc) is 1.63. The molecule has 0 saturated heterocycles. The molecule has 9 heavy (non-hydrogen) atoms. The standard InChI is InChI=1S/C7H12FN/c1-4-9-7(3)5-6(2)8/h5,9H,3-4H2,1-2H3/b6-5+. The molecular formula is C7H12FN. The lowest BCUT2D eigenvalue weighted by molar-refractivity contribution is 0.637. The predicted octanol–water partition coefficient (Wildman–Crippen LogP) is 1.98. The smallest absolute Gasteiger partial charge is 0.0989 e. The van der Waals surface area contributed by atoms with Crippen LogP contribution in [-0.4, -0.2) is 6.54 Å². The maximum absolute atomic E-state index is 12.0. The lowest BCUT2D eigenvalue weighted by Crippen LogP contribution is -2.08. The molecule has 0 amide bonds. The number of hydrogen-bond acceptors (Lipinski definition) is 1. The second-order valence-corrected chi connectivity index (χ2v) is 1.79. The highest BCUT2D eigenvalue weighted by Gasteiger charge is 1.85. The van der Waals surface area contributed by atoms with Gasteiger partial charge in [-0.25, -0.2) is 4.39 Å². The van der Waals surface area contributed by atoms with Crippen molar-refractivity contribution in [2.24, 2.45) is 0 Å². The zero-order chi connectivity index (χ0) is 7.28. The average molecular weight is 129 g/mol. The van der Waals surface area contributed by atoms with Gasteiger partial charge in [-0.15, -0.1) is 0 Å². The van der Waals surface area contributed by atoms with Gasteiger partial charge in [-0.2, -0.15) is 0 Å². The first-order chi connectivity index (χ1) is 4.16. The molecule has 0 aromatic heterocycles. The highest BCUT2D eigenvalue weighted by Crippen LogP contribution is 1.96. The molecule has 0 aliphatic heterocycles. The second kappa shape index (κ2) is 4.13. The molecule has 2 heteroatoms. The van der Waals surface area contributed by atoms with Crippen LogP contribution in [0.1, 0.15) is 13.8 Å². The fourth-order valence-corrected chi connectivity index (χ4v) is 0.518. The molecule has 0 aromatic rings. The summed E-state index contributed by atoms with van der Waals surface area (Å²) < 4.78 is 12.0. The van der Waals surface area contributed by atoms with E-state index in [1.807, 2.05) is 6.92 Å². The minimum absolute atomic E-state index is 0.221. The molecular weight excluding hydrogens is 117 g/mol. The van der Waals surface area contributed by atoms with Gasteiger partial charge in [0.1, 0.15) is 0 Å².